The van der Waals surface area contributed by atoms with Crippen molar-refractivity contribution < 1.29 is 4.79 Å². The molecule has 22 heavy (non-hydrogen) atoms. The molecule has 3 rings (SSSR count). The first-order chi connectivity index (χ1) is 10.7. The summed E-state index contributed by atoms with van der Waals surface area (Å²) >= 11 is 0. The first-order valence-electron chi connectivity index (χ1n) is 8.55. The quantitative estimate of drug-likeness (QED) is 0.867. The fourth-order valence-corrected chi connectivity index (χ4v) is 3.64. The van der Waals surface area contributed by atoms with E-state index in [0.29, 0.717) is 12.3 Å². The summed E-state index contributed by atoms with van der Waals surface area (Å²) < 4.78 is 0. The number of carbonyl (C=O) groups excluding carboxylic acids is 1. The maximum atomic E-state index is 12.4. The van der Waals surface area contributed by atoms with Crippen LogP contribution in [0.15, 0.2) is 24.3 Å². The Morgan fingerprint density at radius 3 is 2.55 bits per heavy atom. The first kappa shape index (κ1) is 15.3. The highest BCUT2D eigenvalue weighted by molar-refractivity contribution is 5.79. The summed E-state index contributed by atoms with van der Waals surface area (Å²) in [6.07, 6.45) is 5.72. The van der Waals surface area contributed by atoms with Crippen LogP contribution in [0.1, 0.15) is 31.2 Å². The lowest BCUT2D eigenvalue weighted by Crippen LogP contribution is -2.36. The van der Waals surface area contributed by atoms with Gasteiger partial charge in [0.2, 0.25) is 5.91 Å². The minimum absolute atomic E-state index is 0.255. The smallest absolute Gasteiger partial charge is 0.226 e. The summed E-state index contributed by atoms with van der Waals surface area (Å²) in [4.78, 5) is 17.1. The van der Waals surface area contributed by atoms with Crippen molar-refractivity contribution in [3.63, 3.8) is 0 Å². The highest BCUT2D eigenvalue weighted by atomic mass is 16.2. The van der Waals surface area contributed by atoms with Gasteiger partial charge in [0.05, 0.1) is 6.42 Å². The molecule has 2 heterocycles. The molecular formula is C18H27N3O. The molecule has 1 amide bonds. The predicted molar refractivity (Wildman–Crippen MR) is 89.5 cm³/mol. The van der Waals surface area contributed by atoms with Gasteiger partial charge >= 0.3 is 0 Å². The van der Waals surface area contributed by atoms with Gasteiger partial charge in [-0.1, -0.05) is 18.6 Å². The number of likely N-dealkylation sites (tertiary alicyclic amines) is 2. The van der Waals surface area contributed by atoms with Crippen LogP contribution in [0.25, 0.3) is 0 Å². The zero-order valence-corrected chi connectivity index (χ0v) is 13.3. The summed E-state index contributed by atoms with van der Waals surface area (Å²) in [5, 5.41) is 0. The standard InChI is InChI=1S/C18H27N3O/c19-17-6-4-15(5-7-17)12-18(22)21-11-8-16(14-21)13-20-9-2-1-3-10-20/h4-7,16H,1-3,8-14,19H2. The van der Waals surface area contributed by atoms with E-state index in [1.165, 1.54) is 38.9 Å². The van der Waals surface area contributed by atoms with E-state index in [9.17, 15) is 4.79 Å². The zero-order valence-electron chi connectivity index (χ0n) is 13.3. The van der Waals surface area contributed by atoms with Crippen LogP contribution >= 0.6 is 0 Å². The second kappa shape index (κ2) is 7.14. The van der Waals surface area contributed by atoms with E-state index < -0.39 is 0 Å². The highest BCUT2D eigenvalue weighted by Crippen LogP contribution is 2.20. The van der Waals surface area contributed by atoms with Gasteiger partial charge in [0.1, 0.15) is 0 Å². The number of rotatable bonds is 4. The van der Waals surface area contributed by atoms with Crippen LogP contribution in [0.2, 0.25) is 0 Å². The lowest BCUT2D eigenvalue weighted by atomic mass is 10.1. The Bertz CT molecular complexity index is 494. The fourth-order valence-electron chi connectivity index (χ4n) is 3.64. The number of piperidine rings is 1. The van der Waals surface area contributed by atoms with Gasteiger partial charge in [-0.05, 0) is 56.0 Å². The van der Waals surface area contributed by atoms with Gasteiger partial charge in [0.25, 0.3) is 0 Å². The van der Waals surface area contributed by atoms with E-state index in [4.69, 9.17) is 5.73 Å². The molecule has 1 aromatic carbocycles. The van der Waals surface area contributed by atoms with Gasteiger partial charge in [-0.25, -0.2) is 0 Å². The van der Waals surface area contributed by atoms with Crippen molar-refractivity contribution >= 4 is 11.6 Å². The van der Waals surface area contributed by atoms with E-state index in [1.54, 1.807) is 0 Å². The van der Waals surface area contributed by atoms with Crippen molar-refractivity contribution in [2.24, 2.45) is 5.92 Å². The van der Waals surface area contributed by atoms with Crippen LogP contribution in [0.4, 0.5) is 5.69 Å². The minimum atomic E-state index is 0.255. The van der Waals surface area contributed by atoms with Gasteiger partial charge < -0.3 is 15.5 Å². The molecule has 1 atom stereocenters. The van der Waals surface area contributed by atoms with Gasteiger partial charge in [0.15, 0.2) is 0 Å². The van der Waals surface area contributed by atoms with Crippen LogP contribution in [0, 0.1) is 5.92 Å². The second-order valence-corrected chi connectivity index (χ2v) is 6.77. The van der Waals surface area contributed by atoms with E-state index >= 15 is 0 Å². The number of benzene rings is 1. The monoisotopic (exact) mass is 301 g/mol. The molecule has 0 radical (unpaired) electrons. The molecular weight excluding hydrogens is 274 g/mol. The Hall–Kier alpha value is -1.55. The first-order valence-corrected chi connectivity index (χ1v) is 8.55. The summed E-state index contributed by atoms with van der Waals surface area (Å²) in [5.41, 5.74) is 7.49. The van der Waals surface area contributed by atoms with Crippen molar-refractivity contribution in [1.82, 2.24) is 9.80 Å². The molecule has 1 aromatic rings. The van der Waals surface area contributed by atoms with Crippen molar-refractivity contribution in [3.8, 4) is 0 Å². The van der Waals surface area contributed by atoms with E-state index in [1.807, 2.05) is 29.2 Å². The zero-order chi connectivity index (χ0) is 15.4. The number of nitrogen functional groups attached to an aromatic ring is 1. The Morgan fingerprint density at radius 2 is 1.82 bits per heavy atom. The van der Waals surface area contributed by atoms with Gasteiger partial charge in [-0.3, -0.25) is 4.79 Å². The minimum Gasteiger partial charge on any atom is -0.399 e. The Morgan fingerprint density at radius 1 is 1.09 bits per heavy atom. The molecule has 0 bridgehead atoms. The fraction of sp³-hybridized carbons (Fsp3) is 0.611. The van der Waals surface area contributed by atoms with Crippen LogP contribution in [-0.4, -0.2) is 48.4 Å². The van der Waals surface area contributed by atoms with Crippen LogP contribution in [0.3, 0.4) is 0 Å². The largest absolute Gasteiger partial charge is 0.399 e. The summed E-state index contributed by atoms with van der Waals surface area (Å²) in [6, 6.07) is 7.64. The molecule has 120 valence electrons. The molecule has 0 saturated carbocycles. The molecule has 2 aliphatic heterocycles. The van der Waals surface area contributed by atoms with Crippen LogP contribution in [0.5, 0.6) is 0 Å². The number of amides is 1. The normalized spacial score (nSPS) is 22.9. The summed E-state index contributed by atoms with van der Waals surface area (Å²) in [6.45, 7) is 5.52. The molecule has 2 aliphatic rings. The number of nitrogens with two attached hydrogens (primary N) is 1. The Kier molecular flexibility index (Phi) is 4.98. The van der Waals surface area contributed by atoms with Crippen LogP contribution in [-0.2, 0) is 11.2 Å². The van der Waals surface area contributed by atoms with E-state index in [-0.39, 0.29) is 5.91 Å². The highest BCUT2D eigenvalue weighted by Gasteiger charge is 2.27. The van der Waals surface area contributed by atoms with Gasteiger partial charge in [-0.15, -0.1) is 0 Å². The van der Waals surface area contributed by atoms with Crippen molar-refractivity contribution in [3.05, 3.63) is 29.8 Å². The molecule has 2 fully saturated rings. The average Bonchev–Trinajstić information content (AvgIpc) is 2.99. The Labute approximate surface area is 133 Å². The van der Waals surface area contributed by atoms with Crippen molar-refractivity contribution in [1.29, 1.82) is 0 Å². The SMILES string of the molecule is Nc1ccc(CC(=O)N2CCC(CN3CCCCC3)C2)cc1. The maximum Gasteiger partial charge on any atom is 0.226 e. The summed E-state index contributed by atoms with van der Waals surface area (Å²) in [7, 11) is 0. The molecule has 2 N–H and O–H groups in total. The molecule has 4 nitrogen and oxygen atoms in total. The molecule has 4 heteroatoms. The molecule has 0 aliphatic carbocycles. The maximum absolute atomic E-state index is 12.4. The van der Waals surface area contributed by atoms with E-state index in [0.717, 1.165) is 30.8 Å². The number of hydrogen-bond donors (Lipinski definition) is 1. The molecule has 0 spiro atoms. The lowest BCUT2D eigenvalue weighted by molar-refractivity contribution is -0.129. The van der Waals surface area contributed by atoms with Crippen molar-refractivity contribution in [2.75, 3.05) is 38.5 Å². The number of nitrogens with zero attached hydrogens (tertiary/aromatic N) is 2. The van der Waals surface area contributed by atoms with Crippen LogP contribution < -0.4 is 5.73 Å². The summed E-state index contributed by atoms with van der Waals surface area (Å²) in [5.74, 6) is 0.916. The van der Waals surface area contributed by atoms with E-state index in [2.05, 4.69) is 4.90 Å². The lowest BCUT2D eigenvalue weighted by Gasteiger charge is -2.29. The third-order valence-electron chi connectivity index (χ3n) is 4.94. The molecule has 2 saturated heterocycles. The number of hydrogen-bond acceptors (Lipinski definition) is 3. The molecule has 1 unspecified atom stereocenters. The molecule has 0 aromatic heterocycles. The average molecular weight is 301 g/mol. The Balaban J connectivity index is 1.47. The number of carbonyl (C=O) groups is 1. The topological polar surface area (TPSA) is 49.6 Å². The van der Waals surface area contributed by atoms with Crippen molar-refractivity contribution in [2.45, 2.75) is 32.1 Å². The van der Waals surface area contributed by atoms with Gasteiger partial charge in [-0.2, -0.15) is 0 Å². The third-order valence-corrected chi connectivity index (χ3v) is 4.94. The third kappa shape index (κ3) is 4.01. The number of anilines is 1. The second-order valence-electron chi connectivity index (χ2n) is 6.77. The predicted octanol–water partition coefficient (Wildman–Crippen LogP) is 2.15. The van der Waals surface area contributed by atoms with Gasteiger partial charge in [0, 0.05) is 25.3 Å².